The monoisotopic (exact) mass is 1050 g/mol. The summed E-state index contributed by atoms with van der Waals surface area (Å²) < 4.78 is 1.91. The molecule has 0 spiro atoms. The number of benzene rings is 8. The molecule has 8 aromatic carbocycles. The van der Waals surface area contributed by atoms with Gasteiger partial charge in [-0.3, -0.25) is 4.68 Å². The van der Waals surface area contributed by atoms with E-state index in [2.05, 4.69) is 182 Å². The molecule has 68 heavy (non-hydrogen) atoms. The summed E-state index contributed by atoms with van der Waals surface area (Å²) in [5.41, 5.74) is 20.1. The van der Waals surface area contributed by atoms with Crippen LogP contribution in [0.1, 0.15) is 22.3 Å². The Morgan fingerprint density at radius 2 is 1.01 bits per heavy atom. The van der Waals surface area contributed by atoms with Crippen LogP contribution >= 0.6 is 0 Å². The maximum atomic E-state index is 5.02. The van der Waals surface area contributed by atoms with Crippen LogP contribution in [0.2, 0.25) is 0 Å². The van der Waals surface area contributed by atoms with Gasteiger partial charge in [-0.1, -0.05) is 146 Å². The number of nitrogens with zero attached hydrogens (tertiary/aromatic N) is 4. The Labute approximate surface area is 412 Å². The summed E-state index contributed by atoms with van der Waals surface area (Å²) in [6.07, 6.45) is 9.65. The summed E-state index contributed by atoms with van der Waals surface area (Å²) in [6.45, 7) is 0. The smallest absolute Gasteiger partial charge is 0.304 e. The second kappa shape index (κ2) is 20.4. The summed E-state index contributed by atoms with van der Waals surface area (Å²) in [7, 11) is 0. The Hall–Kier alpha value is -7.82. The summed E-state index contributed by atoms with van der Waals surface area (Å²) in [5, 5.41) is 5.87. The van der Waals surface area contributed by atoms with Gasteiger partial charge in [-0.05, 0) is 98.0 Å². The van der Waals surface area contributed by atoms with Gasteiger partial charge in [-0.2, -0.15) is 28.9 Å². The van der Waals surface area contributed by atoms with Gasteiger partial charge in [0, 0.05) is 24.0 Å². The zero-order valence-corrected chi connectivity index (χ0v) is 39.7. The van der Waals surface area contributed by atoms with Crippen LogP contribution < -0.4 is 0 Å². The Bertz CT molecular complexity index is 3380. The molecule has 0 saturated heterocycles. The maximum Gasteiger partial charge on any atom is 3.00 e. The van der Waals surface area contributed by atoms with Crippen molar-refractivity contribution in [3.8, 4) is 72.7 Å². The van der Waals surface area contributed by atoms with E-state index in [1.165, 1.54) is 44.5 Å². The normalized spacial score (nSPS) is 11.1. The minimum Gasteiger partial charge on any atom is -0.304 e. The van der Waals surface area contributed by atoms with Crippen LogP contribution in [0, 0.1) is 18.2 Å². The fourth-order valence-corrected chi connectivity index (χ4v) is 8.88. The Morgan fingerprint density at radius 1 is 0.397 bits per heavy atom. The molecule has 3 heterocycles. The van der Waals surface area contributed by atoms with E-state index in [1.807, 2.05) is 65.6 Å². The molecule has 0 radical (unpaired) electrons. The predicted octanol–water partition coefficient (Wildman–Crippen LogP) is 14.8. The summed E-state index contributed by atoms with van der Waals surface area (Å²) in [6, 6.07) is 82.8. The maximum absolute atomic E-state index is 5.02. The van der Waals surface area contributed by atoms with Crippen LogP contribution in [0.25, 0.3) is 83.6 Å². The van der Waals surface area contributed by atoms with Crippen molar-refractivity contribution in [2.75, 3.05) is 0 Å². The van der Waals surface area contributed by atoms with Gasteiger partial charge in [0.15, 0.2) is 0 Å². The standard InChI is InChI=1S/C63H45N4.Ir/c1-3-12-49(13-4-1)50-29-31-51(32-30-50)53-17-11-18-54(41-53)62-37-33-55(43-65-62)59-19-8-9-20-60(59)57-39-47(24-22-45-26-34-58(35-27-45)67-44-56-16-7-10-21-63(56)66-67)38-48(40-57)25-23-46-28-36-61(64-42-46)52-14-5-2-6-15-52;/h1-14,16-17,19-21,26-34,36-44H,22-25H2;/q-3;+3. The molecule has 0 N–H and O–H groups in total. The number of aromatic nitrogens is 4. The van der Waals surface area contributed by atoms with E-state index in [0.29, 0.717) is 0 Å². The molecule has 0 bridgehead atoms. The van der Waals surface area contributed by atoms with Crippen LogP contribution in [0.15, 0.2) is 225 Å². The van der Waals surface area contributed by atoms with Crippen LogP contribution in [0.3, 0.4) is 0 Å². The van der Waals surface area contributed by atoms with Gasteiger partial charge in [0.1, 0.15) is 0 Å². The number of pyridine rings is 2. The van der Waals surface area contributed by atoms with Gasteiger partial charge >= 0.3 is 20.1 Å². The third kappa shape index (κ3) is 9.96. The topological polar surface area (TPSA) is 43.6 Å². The SMILES string of the molecule is [Ir+3].[c-]1ccccc1-c1ccc(CCc2cc(CCc3c[c-]c(-n4cc5ccccc5n4)cc3)cc(-c3ccccc3-c3ccc(-c4[c-]ccc(-c5ccc(-c6ccccc6)cc5)c4)nc3)c2)cn1. The second-order valence-corrected chi connectivity index (χ2v) is 17.0. The molecule has 0 aliphatic rings. The third-order valence-corrected chi connectivity index (χ3v) is 12.5. The summed E-state index contributed by atoms with van der Waals surface area (Å²) in [5.74, 6) is 0. The fraction of sp³-hybridized carbons (Fsp3) is 0.0635. The van der Waals surface area contributed by atoms with Crippen LogP contribution in [0.4, 0.5) is 0 Å². The number of hydrogen-bond acceptors (Lipinski definition) is 3. The molecule has 0 amide bonds. The van der Waals surface area contributed by atoms with Crippen molar-refractivity contribution in [3.05, 3.63) is 265 Å². The van der Waals surface area contributed by atoms with Gasteiger partial charge in [0.05, 0.1) is 5.52 Å². The van der Waals surface area contributed by atoms with E-state index >= 15 is 0 Å². The van der Waals surface area contributed by atoms with Crippen LogP contribution in [-0.4, -0.2) is 19.7 Å². The molecule has 0 aliphatic carbocycles. The largest absolute Gasteiger partial charge is 3.00 e. The average molecular weight is 1050 g/mol. The zero-order valence-electron chi connectivity index (χ0n) is 37.3. The molecule has 5 heteroatoms. The molecule has 3 aromatic heterocycles. The molecule has 0 saturated carbocycles. The molecular weight excluding hydrogens is 1000 g/mol. The third-order valence-electron chi connectivity index (χ3n) is 12.5. The Morgan fingerprint density at radius 3 is 1.72 bits per heavy atom. The molecule has 0 aliphatic heterocycles. The summed E-state index contributed by atoms with van der Waals surface area (Å²) in [4.78, 5) is 9.82. The number of aryl methyl sites for hydroxylation is 4. The Kier molecular flexibility index (Phi) is 13.2. The van der Waals surface area contributed by atoms with E-state index in [0.717, 1.165) is 87.0 Å². The van der Waals surface area contributed by atoms with Crippen LogP contribution in [0.5, 0.6) is 0 Å². The van der Waals surface area contributed by atoms with Crippen molar-refractivity contribution in [1.82, 2.24) is 19.7 Å². The molecular formula is C63H45IrN4. The first-order chi connectivity index (χ1) is 33.1. The molecule has 0 fully saturated rings. The molecule has 11 aromatic rings. The molecule has 0 unspecified atom stereocenters. The number of rotatable bonds is 13. The van der Waals surface area contributed by atoms with Crippen molar-refractivity contribution in [2.24, 2.45) is 0 Å². The molecule has 0 atom stereocenters. The summed E-state index contributed by atoms with van der Waals surface area (Å²) >= 11 is 0. The molecule has 11 rings (SSSR count). The van der Waals surface area contributed by atoms with Crippen molar-refractivity contribution in [2.45, 2.75) is 25.7 Å². The van der Waals surface area contributed by atoms with Crippen molar-refractivity contribution >= 4 is 10.9 Å². The predicted molar refractivity (Wildman–Crippen MR) is 273 cm³/mol. The van der Waals surface area contributed by atoms with E-state index in [1.54, 1.807) is 0 Å². The molecule has 326 valence electrons. The van der Waals surface area contributed by atoms with Gasteiger partial charge in [0.25, 0.3) is 0 Å². The van der Waals surface area contributed by atoms with E-state index in [9.17, 15) is 0 Å². The zero-order chi connectivity index (χ0) is 44.8. The van der Waals surface area contributed by atoms with Crippen molar-refractivity contribution in [1.29, 1.82) is 0 Å². The first-order valence-corrected chi connectivity index (χ1v) is 22.9. The van der Waals surface area contributed by atoms with Crippen LogP contribution in [-0.2, 0) is 45.8 Å². The quantitative estimate of drug-likeness (QED) is 0.108. The number of fused-ring (bicyclic) bond motifs is 1. The Balaban J connectivity index is 0.00000539. The van der Waals surface area contributed by atoms with Gasteiger partial charge in [0.2, 0.25) is 0 Å². The van der Waals surface area contributed by atoms with E-state index in [4.69, 9.17) is 15.1 Å². The van der Waals surface area contributed by atoms with Gasteiger partial charge in [-0.25, -0.2) is 0 Å². The average Bonchev–Trinajstić information content (AvgIpc) is 3.85. The molecule has 4 nitrogen and oxygen atoms in total. The van der Waals surface area contributed by atoms with E-state index in [-0.39, 0.29) is 20.1 Å². The van der Waals surface area contributed by atoms with Gasteiger partial charge < -0.3 is 9.97 Å². The minimum atomic E-state index is 0. The van der Waals surface area contributed by atoms with Gasteiger partial charge in [-0.15, -0.1) is 77.4 Å². The van der Waals surface area contributed by atoms with Crippen molar-refractivity contribution < 1.29 is 20.1 Å². The van der Waals surface area contributed by atoms with Crippen molar-refractivity contribution in [3.63, 3.8) is 0 Å². The second-order valence-electron chi connectivity index (χ2n) is 17.0. The first kappa shape index (κ1) is 44.0. The number of hydrogen-bond donors (Lipinski definition) is 0. The minimum absolute atomic E-state index is 0. The fourth-order valence-electron chi connectivity index (χ4n) is 8.88. The van der Waals surface area contributed by atoms with E-state index < -0.39 is 0 Å². The first-order valence-electron chi connectivity index (χ1n) is 22.9.